The predicted octanol–water partition coefficient (Wildman–Crippen LogP) is 1.56. The molecule has 114 valence electrons. The molecule has 1 aromatic rings. The van der Waals surface area contributed by atoms with E-state index in [2.05, 4.69) is 5.32 Å². The zero-order chi connectivity index (χ0) is 16.3. The summed E-state index contributed by atoms with van der Waals surface area (Å²) in [6, 6.07) is 8.62. The van der Waals surface area contributed by atoms with Gasteiger partial charge in [-0.15, -0.1) is 0 Å². The van der Waals surface area contributed by atoms with Crippen LogP contribution >= 0.6 is 0 Å². The highest BCUT2D eigenvalue weighted by Crippen LogP contribution is 2.46. The molecule has 22 heavy (non-hydrogen) atoms. The number of hydrogen-bond acceptors (Lipinski definition) is 5. The van der Waals surface area contributed by atoms with Gasteiger partial charge in [0, 0.05) is 12.1 Å². The molecule has 0 bridgehead atoms. The van der Waals surface area contributed by atoms with Crippen LogP contribution in [0, 0.1) is 17.2 Å². The number of ketones is 1. The highest BCUT2D eigenvalue weighted by Gasteiger charge is 2.56. The van der Waals surface area contributed by atoms with Crippen molar-refractivity contribution in [3.63, 3.8) is 0 Å². The van der Waals surface area contributed by atoms with E-state index in [0.717, 1.165) is 0 Å². The summed E-state index contributed by atoms with van der Waals surface area (Å²) in [6.07, 6.45) is -0.229. The number of benzene rings is 1. The van der Waals surface area contributed by atoms with Crippen molar-refractivity contribution in [1.29, 1.82) is 5.26 Å². The Bertz CT molecular complexity index is 677. The summed E-state index contributed by atoms with van der Waals surface area (Å²) in [5.74, 6) is -2.97. The molecule has 1 aliphatic rings. The normalized spacial score (nSPS) is 20.5. The fourth-order valence-corrected chi connectivity index (χ4v) is 2.88. The first-order chi connectivity index (χ1) is 10.5. The van der Waals surface area contributed by atoms with Crippen LogP contribution in [0.4, 0.5) is 5.69 Å². The van der Waals surface area contributed by atoms with Gasteiger partial charge in [-0.2, -0.15) is 5.26 Å². The minimum atomic E-state index is -1.54. The molecule has 1 heterocycles. The van der Waals surface area contributed by atoms with Gasteiger partial charge in [0.05, 0.1) is 12.7 Å². The number of ether oxygens (including phenoxy) is 1. The molecule has 0 fully saturated rings. The maximum atomic E-state index is 12.6. The van der Waals surface area contributed by atoms with Gasteiger partial charge in [-0.3, -0.25) is 14.4 Å². The molecule has 0 unspecified atom stereocenters. The van der Waals surface area contributed by atoms with E-state index in [1.54, 1.807) is 31.2 Å². The summed E-state index contributed by atoms with van der Waals surface area (Å²) in [6.45, 7) is 3.04. The number of Topliss-reactive ketones (excluding diaryl/α,β-unsaturated/α-hetero) is 1. The van der Waals surface area contributed by atoms with E-state index < -0.39 is 23.2 Å². The van der Waals surface area contributed by atoms with Crippen molar-refractivity contribution in [1.82, 2.24) is 0 Å². The predicted molar refractivity (Wildman–Crippen MR) is 77.8 cm³/mol. The third kappa shape index (κ3) is 2.35. The second kappa shape index (κ2) is 5.98. The molecule has 0 spiro atoms. The molecule has 1 N–H and O–H groups in total. The Morgan fingerprint density at radius 1 is 1.41 bits per heavy atom. The van der Waals surface area contributed by atoms with Crippen LogP contribution in [-0.2, 0) is 24.5 Å². The second-order valence-corrected chi connectivity index (χ2v) is 5.16. The summed E-state index contributed by atoms with van der Waals surface area (Å²) in [4.78, 5) is 36.5. The van der Waals surface area contributed by atoms with Gasteiger partial charge >= 0.3 is 5.97 Å². The highest BCUT2D eigenvalue weighted by molar-refractivity contribution is 6.11. The van der Waals surface area contributed by atoms with Gasteiger partial charge in [0.15, 0.2) is 5.92 Å². The SMILES string of the molecule is CCOC(=O)[C@H](C#N)[C@@]1(CC(C)=O)C(=O)Nc2ccccc21. The first kappa shape index (κ1) is 15.7. The summed E-state index contributed by atoms with van der Waals surface area (Å²) < 4.78 is 4.92. The smallest absolute Gasteiger partial charge is 0.324 e. The maximum Gasteiger partial charge on any atom is 0.324 e. The molecule has 0 radical (unpaired) electrons. The zero-order valence-electron chi connectivity index (χ0n) is 12.4. The molecule has 0 saturated heterocycles. The molecule has 6 nitrogen and oxygen atoms in total. The van der Waals surface area contributed by atoms with Gasteiger partial charge in [-0.25, -0.2) is 0 Å². The molecule has 1 aliphatic heterocycles. The number of nitriles is 1. The van der Waals surface area contributed by atoms with Gasteiger partial charge in [-0.05, 0) is 25.5 Å². The van der Waals surface area contributed by atoms with Crippen molar-refractivity contribution in [2.45, 2.75) is 25.7 Å². The lowest BCUT2D eigenvalue weighted by Gasteiger charge is -2.29. The van der Waals surface area contributed by atoms with E-state index in [1.165, 1.54) is 6.92 Å². The van der Waals surface area contributed by atoms with Crippen LogP contribution in [-0.4, -0.2) is 24.3 Å². The summed E-state index contributed by atoms with van der Waals surface area (Å²) in [7, 11) is 0. The first-order valence-electron chi connectivity index (χ1n) is 6.94. The van der Waals surface area contributed by atoms with Crippen molar-refractivity contribution in [3.05, 3.63) is 29.8 Å². The standard InChI is InChI=1S/C16H16N2O4/c1-3-22-14(20)12(9-17)16(8-10(2)19)11-6-4-5-7-13(11)18-15(16)21/h4-7,12H,3,8H2,1-2H3,(H,18,21)/t12-,16-/m0/s1. The fourth-order valence-electron chi connectivity index (χ4n) is 2.88. The van der Waals surface area contributed by atoms with E-state index in [4.69, 9.17) is 4.74 Å². The van der Waals surface area contributed by atoms with Gasteiger partial charge < -0.3 is 10.1 Å². The maximum absolute atomic E-state index is 12.6. The molecule has 0 aromatic heterocycles. The van der Waals surface area contributed by atoms with Crippen LogP contribution in [0.2, 0.25) is 0 Å². The summed E-state index contributed by atoms with van der Waals surface area (Å²) >= 11 is 0. The third-order valence-electron chi connectivity index (χ3n) is 3.73. The van der Waals surface area contributed by atoms with E-state index >= 15 is 0 Å². The Labute approximate surface area is 128 Å². The lowest BCUT2D eigenvalue weighted by Crippen LogP contribution is -2.46. The molecule has 2 rings (SSSR count). The summed E-state index contributed by atoms with van der Waals surface area (Å²) in [5, 5.41) is 12.1. The van der Waals surface area contributed by atoms with E-state index in [9.17, 15) is 19.6 Å². The quantitative estimate of drug-likeness (QED) is 0.832. The largest absolute Gasteiger partial charge is 0.465 e. The minimum Gasteiger partial charge on any atom is -0.465 e. The number of hydrogen-bond donors (Lipinski definition) is 1. The molecular weight excluding hydrogens is 284 g/mol. The van der Waals surface area contributed by atoms with Crippen LogP contribution in [0.25, 0.3) is 0 Å². The minimum absolute atomic E-state index is 0.0937. The molecular formula is C16H16N2O4. The highest BCUT2D eigenvalue weighted by atomic mass is 16.5. The average Bonchev–Trinajstić information content (AvgIpc) is 2.73. The lowest BCUT2D eigenvalue weighted by atomic mass is 9.68. The number of amides is 1. The number of fused-ring (bicyclic) bond motifs is 1. The number of nitrogens with zero attached hydrogens (tertiary/aromatic N) is 1. The first-order valence-corrected chi connectivity index (χ1v) is 6.94. The fraction of sp³-hybridized carbons (Fsp3) is 0.375. The molecule has 1 amide bonds. The Hall–Kier alpha value is -2.68. The van der Waals surface area contributed by atoms with Crippen molar-refractivity contribution in [2.24, 2.45) is 5.92 Å². The Morgan fingerprint density at radius 2 is 2.09 bits per heavy atom. The number of rotatable bonds is 5. The zero-order valence-corrected chi connectivity index (χ0v) is 12.4. The van der Waals surface area contributed by atoms with Gasteiger partial charge in [0.2, 0.25) is 5.91 Å². The Morgan fingerprint density at radius 3 is 2.68 bits per heavy atom. The van der Waals surface area contributed by atoms with Crippen LogP contribution in [0.1, 0.15) is 25.8 Å². The molecule has 2 atom stereocenters. The van der Waals surface area contributed by atoms with E-state index in [-0.39, 0.29) is 18.8 Å². The van der Waals surface area contributed by atoms with Gasteiger partial charge in [0.25, 0.3) is 0 Å². The topological polar surface area (TPSA) is 96.3 Å². The number of para-hydroxylation sites is 1. The lowest BCUT2D eigenvalue weighted by molar-refractivity contribution is -0.150. The summed E-state index contributed by atoms with van der Waals surface area (Å²) in [5.41, 5.74) is -0.545. The number of esters is 1. The molecule has 0 aliphatic carbocycles. The van der Waals surface area contributed by atoms with Crippen molar-refractivity contribution in [2.75, 3.05) is 11.9 Å². The van der Waals surface area contributed by atoms with Crippen LogP contribution < -0.4 is 5.32 Å². The van der Waals surface area contributed by atoms with Gasteiger partial charge in [0.1, 0.15) is 11.2 Å². The average molecular weight is 300 g/mol. The van der Waals surface area contributed by atoms with Gasteiger partial charge in [-0.1, -0.05) is 18.2 Å². The van der Waals surface area contributed by atoms with E-state index in [0.29, 0.717) is 11.3 Å². The van der Waals surface area contributed by atoms with Crippen LogP contribution in [0.3, 0.4) is 0 Å². The second-order valence-electron chi connectivity index (χ2n) is 5.16. The number of carbonyl (C=O) groups is 3. The number of carbonyl (C=O) groups excluding carboxylic acids is 3. The van der Waals surface area contributed by atoms with Crippen molar-refractivity contribution >= 4 is 23.3 Å². The molecule has 6 heteroatoms. The molecule has 0 saturated carbocycles. The molecule has 1 aromatic carbocycles. The van der Waals surface area contributed by atoms with Crippen molar-refractivity contribution < 1.29 is 19.1 Å². The van der Waals surface area contributed by atoms with Crippen LogP contribution in [0.15, 0.2) is 24.3 Å². The van der Waals surface area contributed by atoms with E-state index in [1.807, 2.05) is 6.07 Å². The number of anilines is 1. The Balaban J connectivity index is 2.63. The van der Waals surface area contributed by atoms with Crippen LogP contribution in [0.5, 0.6) is 0 Å². The van der Waals surface area contributed by atoms with Crippen molar-refractivity contribution in [3.8, 4) is 6.07 Å². The Kier molecular flexibility index (Phi) is 4.27. The third-order valence-corrected chi connectivity index (χ3v) is 3.73. The number of nitrogens with one attached hydrogen (secondary N) is 1. The monoisotopic (exact) mass is 300 g/mol.